The van der Waals surface area contributed by atoms with Crippen molar-refractivity contribution < 1.29 is 9.59 Å². The lowest BCUT2D eigenvalue weighted by atomic mass is 9.89. The summed E-state index contributed by atoms with van der Waals surface area (Å²) >= 11 is 0. The monoisotopic (exact) mass is 286 g/mol. The van der Waals surface area contributed by atoms with E-state index < -0.39 is 0 Å². The van der Waals surface area contributed by atoms with Gasteiger partial charge >= 0.3 is 0 Å². The molecule has 1 saturated carbocycles. The van der Waals surface area contributed by atoms with Crippen molar-refractivity contribution >= 4 is 11.8 Å². The van der Waals surface area contributed by atoms with E-state index in [0.29, 0.717) is 18.5 Å². The van der Waals surface area contributed by atoms with Crippen molar-refractivity contribution in [3.8, 4) is 0 Å². The second kappa shape index (κ2) is 5.98. The van der Waals surface area contributed by atoms with Crippen LogP contribution in [0.4, 0.5) is 0 Å². The van der Waals surface area contributed by atoms with Gasteiger partial charge in [0.2, 0.25) is 5.91 Å². The van der Waals surface area contributed by atoms with Crippen LogP contribution < -0.4 is 5.73 Å². The van der Waals surface area contributed by atoms with Crippen molar-refractivity contribution in [3.63, 3.8) is 0 Å². The molecule has 1 fully saturated rings. The summed E-state index contributed by atoms with van der Waals surface area (Å²) in [5.74, 6) is 0.0434. The predicted molar refractivity (Wildman–Crippen MR) is 80.7 cm³/mol. The first-order valence-electron chi connectivity index (χ1n) is 7.86. The zero-order chi connectivity index (χ0) is 14.8. The van der Waals surface area contributed by atoms with Crippen LogP contribution in [-0.2, 0) is 11.2 Å². The highest BCUT2D eigenvalue weighted by Crippen LogP contribution is 2.31. The Hall–Kier alpha value is -1.68. The number of amides is 2. The highest BCUT2D eigenvalue weighted by atomic mass is 16.2. The number of hydrogen-bond donors (Lipinski definition) is 1. The number of nitrogens with zero attached hydrogens (tertiary/aromatic N) is 1. The van der Waals surface area contributed by atoms with Gasteiger partial charge in [0, 0.05) is 11.6 Å². The van der Waals surface area contributed by atoms with Crippen LogP contribution in [0.5, 0.6) is 0 Å². The van der Waals surface area contributed by atoms with Gasteiger partial charge in [-0.3, -0.25) is 14.5 Å². The fourth-order valence-electron chi connectivity index (χ4n) is 3.69. The zero-order valence-electron chi connectivity index (χ0n) is 12.3. The number of carbonyl (C=O) groups is 2. The summed E-state index contributed by atoms with van der Waals surface area (Å²) in [6.07, 6.45) is 5.61. The second-order valence-corrected chi connectivity index (χ2v) is 6.10. The van der Waals surface area contributed by atoms with Gasteiger partial charge in [-0.2, -0.15) is 0 Å². The minimum absolute atomic E-state index is 0.0224. The van der Waals surface area contributed by atoms with Crippen LogP contribution in [0, 0.1) is 5.92 Å². The van der Waals surface area contributed by atoms with Crippen LogP contribution >= 0.6 is 0 Å². The lowest BCUT2D eigenvalue weighted by molar-refractivity contribution is -0.131. The Morgan fingerprint density at radius 2 is 1.86 bits per heavy atom. The Morgan fingerprint density at radius 3 is 2.67 bits per heavy atom. The molecule has 1 heterocycles. The number of hydrogen-bond acceptors (Lipinski definition) is 3. The minimum atomic E-state index is -0.132. The average molecular weight is 286 g/mol. The Bertz CT molecular complexity index is 555. The first-order chi connectivity index (χ1) is 10.2. The third-order valence-electron chi connectivity index (χ3n) is 4.83. The summed E-state index contributed by atoms with van der Waals surface area (Å²) in [6.45, 7) is 0.545. The molecule has 1 aliphatic carbocycles. The molecule has 1 aliphatic heterocycles. The Labute approximate surface area is 125 Å². The Kier molecular flexibility index (Phi) is 4.06. The predicted octanol–water partition coefficient (Wildman–Crippen LogP) is 2.12. The van der Waals surface area contributed by atoms with E-state index in [0.717, 1.165) is 31.2 Å². The summed E-state index contributed by atoms with van der Waals surface area (Å²) in [6, 6.07) is 7.41. The quantitative estimate of drug-likeness (QED) is 0.669. The molecule has 0 bridgehead atoms. The van der Waals surface area contributed by atoms with Crippen LogP contribution in [0.15, 0.2) is 24.3 Å². The third kappa shape index (κ3) is 2.60. The van der Waals surface area contributed by atoms with E-state index in [2.05, 4.69) is 0 Å². The largest absolute Gasteiger partial charge is 0.330 e. The number of imide groups is 1. The van der Waals surface area contributed by atoms with E-state index in [1.54, 1.807) is 0 Å². The molecule has 1 aromatic carbocycles. The van der Waals surface area contributed by atoms with Gasteiger partial charge < -0.3 is 5.73 Å². The molecule has 0 radical (unpaired) electrons. The van der Waals surface area contributed by atoms with E-state index in [4.69, 9.17) is 5.73 Å². The van der Waals surface area contributed by atoms with Crippen molar-refractivity contribution in [3.05, 3.63) is 35.4 Å². The molecule has 1 aromatic rings. The molecule has 4 heteroatoms. The van der Waals surface area contributed by atoms with E-state index in [1.807, 2.05) is 24.3 Å². The molecule has 2 aliphatic rings. The lowest BCUT2D eigenvalue weighted by Crippen LogP contribution is -2.52. The van der Waals surface area contributed by atoms with Crippen LogP contribution in [0.2, 0.25) is 0 Å². The lowest BCUT2D eigenvalue weighted by Gasteiger charge is -2.37. The number of carbonyl (C=O) groups excluding carboxylic acids is 2. The van der Waals surface area contributed by atoms with Gasteiger partial charge in [-0.15, -0.1) is 0 Å². The average Bonchev–Trinajstić information content (AvgIpc) is 2.73. The Morgan fingerprint density at radius 1 is 1.10 bits per heavy atom. The summed E-state index contributed by atoms with van der Waals surface area (Å²) in [5.41, 5.74) is 7.43. The zero-order valence-corrected chi connectivity index (χ0v) is 12.3. The molecule has 0 spiro atoms. The van der Waals surface area contributed by atoms with Gasteiger partial charge in [0.15, 0.2) is 0 Å². The van der Waals surface area contributed by atoms with Crippen molar-refractivity contribution in [2.24, 2.45) is 11.7 Å². The molecule has 112 valence electrons. The SMILES string of the molecule is NCC1CCCCCC1N1C(=O)Cc2ccccc2C1=O. The number of rotatable bonds is 2. The normalized spacial score (nSPS) is 26.4. The molecular weight excluding hydrogens is 264 g/mol. The van der Waals surface area contributed by atoms with E-state index in [9.17, 15) is 9.59 Å². The minimum Gasteiger partial charge on any atom is -0.330 e. The van der Waals surface area contributed by atoms with Crippen LogP contribution in [0.1, 0.15) is 48.0 Å². The summed E-state index contributed by atoms with van der Waals surface area (Å²) in [7, 11) is 0. The van der Waals surface area contributed by atoms with Gasteiger partial charge in [0.25, 0.3) is 5.91 Å². The molecule has 0 saturated heterocycles. The molecular formula is C17H22N2O2. The molecule has 2 atom stereocenters. The molecule has 0 aromatic heterocycles. The van der Waals surface area contributed by atoms with Crippen molar-refractivity contribution in [2.45, 2.75) is 44.6 Å². The fourth-order valence-corrected chi connectivity index (χ4v) is 3.69. The number of benzene rings is 1. The standard InChI is InChI=1S/C17H22N2O2/c18-11-13-7-2-1-3-9-15(13)19-16(20)10-12-6-4-5-8-14(12)17(19)21/h4-6,8,13,15H,1-3,7,9-11,18H2. The van der Waals surface area contributed by atoms with E-state index in [1.165, 1.54) is 11.3 Å². The summed E-state index contributed by atoms with van der Waals surface area (Å²) in [5, 5.41) is 0. The highest BCUT2D eigenvalue weighted by molar-refractivity contribution is 6.10. The van der Waals surface area contributed by atoms with Gasteiger partial charge in [-0.25, -0.2) is 0 Å². The van der Waals surface area contributed by atoms with Gasteiger partial charge in [-0.05, 0) is 36.9 Å². The van der Waals surface area contributed by atoms with Gasteiger partial charge in [0.05, 0.1) is 6.42 Å². The smallest absolute Gasteiger partial charge is 0.261 e. The third-order valence-corrected chi connectivity index (χ3v) is 4.83. The highest BCUT2D eigenvalue weighted by Gasteiger charge is 2.39. The maximum atomic E-state index is 12.8. The first-order valence-corrected chi connectivity index (χ1v) is 7.86. The summed E-state index contributed by atoms with van der Waals surface area (Å²) < 4.78 is 0. The molecule has 2 N–H and O–H groups in total. The summed E-state index contributed by atoms with van der Waals surface area (Å²) in [4.78, 5) is 26.8. The van der Waals surface area contributed by atoms with Crippen LogP contribution in [-0.4, -0.2) is 29.3 Å². The van der Waals surface area contributed by atoms with Gasteiger partial charge in [0.1, 0.15) is 0 Å². The fraction of sp³-hybridized carbons (Fsp3) is 0.529. The second-order valence-electron chi connectivity index (χ2n) is 6.10. The molecule has 2 amide bonds. The first kappa shape index (κ1) is 14.3. The number of nitrogens with two attached hydrogens (primary N) is 1. The van der Waals surface area contributed by atoms with Gasteiger partial charge in [-0.1, -0.05) is 37.5 Å². The van der Waals surface area contributed by atoms with Crippen molar-refractivity contribution in [2.75, 3.05) is 6.54 Å². The number of fused-ring (bicyclic) bond motifs is 1. The molecule has 2 unspecified atom stereocenters. The van der Waals surface area contributed by atoms with Crippen molar-refractivity contribution in [1.29, 1.82) is 0 Å². The van der Waals surface area contributed by atoms with Crippen LogP contribution in [0.3, 0.4) is 0 Å². The maximum Gasteiger partial charge on any atom is 0.261 e. The maximum absolute atomic E-state index is 12.8. The topological polar surface area (TPSA) is 63.4 Å². The molecule has 3 rings (SSSR count). The van der Waals surface area contributed by atoms with E-state index >= 15 is 0 Å². The van der Waals surface area contributed by atoms with Crippen molar-refractivity contribution in [1.82, 2.24) is 4.90 Å². The Balaban J connectivity index is 1.94. The molecule has 4 nitrogen and oxygen atoms in total. The van der Waals surface area contributed by atoms with E-state index in [-0.39, 0.29) is 23.8 Å². The van der Waals surface area contributed by atoms with Crippen LogP contribution in [0.25, 0.3) is 0 Å². The molecule has 21 heavy (non-hydrogen) atoms.